The van der Waals surface area contributed by atoms with Crippen molar-refractivity contribution in [2.75, 3.05) is 6.54 Å². The Hall–Kier alpha value is -0.570. The number of carbonyl (C=O) groups is 1. The zero-order valence-corrected chi connectivity index (χ0v) is 4.85. The second kappa shape index (κ2) is 1.74. The lowest BCUT2D eigenvalue weighted by Gasteiger charge is -2.01. The molecule has 0 aromatic rings. The highest BCUT2D eigenvalue weighted by Gasteiger charge is 2.26. The molecule has 0 radical (unpaired) electrons. The van der Waals surface area contributed by atoms with Crippen molar-refractivity contribution in [3.63, 3.8) is 0 Å². The molecule has 46 valence electrons. The van der Waals surface area contributed by atoms with Gasteiger partial charge in [-0.25, -0.2) is 0 Å². The van der Waals surface area contributed by atoms with E-state index in [9.17, 15) is 4.79 Å². The number of rotatable bonds is 0. The van der Waals surface area contributed by atoms with Crippen LogP contribution in [0.2, 0.25) is 0 Å². The molecule has 1 heterocycles. The summed E-state index contributed by atoms with van der Waals surface area (Å²) in [5.74, 6) is 0.292. The van der Waals surface area contributed by atoms with Gasteiger partial charge in [-0.05, 0) is 5.92 Å². The SMILES string of the molecule is CC1CNC(=O)C1N. The van der Waals surface area contributed by atoms with Crippen molar-refractivity contribution < 1.29 is 4.79 Å². The molecule has 1 saturated heterocycles. The molecule has 0 spiro atoms. The van der Waals surface area contributed by atoms with Gasteiger partial charge in [0.1, 0.15) is 0 Å². The molecule has 1 fully saturated rings. The zero-order chi connectivity index (χ0) is 6.15. The summed E-state index contributed by atoms with van der Waals surface area (Å²) in [6, 6.07) is -0.269. The highest BCUT2D eigenvalue weighted by atomic mass is 16.2. The fourth-order valence-electron chi connectivity index (χ4n) is 0.765. The average molecular weight is 114 g/mol. The van der Waals surface area contributed by atoms with Crippen LogP contribution in [-0.2, 0) is 4.79 Å². The summed E-state index contributed by atoms with van der Waals surface area (Å²) in [5, 5.41) is 2.66. The molecule has 0 aliphatic carbocycles. The third-order valence-electron chi connectivity index (χ3n) is 1.51. The van der Waals surface area contributed by atoms with E-state index in [1.807, 2.05) is 6.92 Å². The van der Waals surface area contributed by atoms with Gasteiger partial charge in [-0.3, -0.25) is 4.79 Å². The van der Waals surface area contributed by atoms with Crippen LogP contribution in [0, 0.1) is 5.92 Å². The van der Waals surface area contributed by atoms with Crippen LogP contribution >= 0.6 is 0 Å². The Labute approximate surface area is 48.2 Å². The number of nitrogens with one attached hydrogen (secondary N) is 1. The van der Waals surface area contributed by atoms with Crippen LogP contribution in [0.4, 0.5) is 0 Å². The van der Waals surface area contributed by atoms with E-state index in [-0.39, 0.29) is 11.9 Å². The van der Waals surface area contributed by atoms with Crippen LogP contribution in [0.5, 0.6) is 0 Å². The summed E-state index contributed by atoms with van der Waals surface area (Å²) in [6.45, 7) is 2.70. The minimum atomic E-state index is -0.269. The molecule has 0 saturated carbocycles. The van der Waals surface area contributed by atoms with Gasteiger partial charge in [0.2, 0.25) is 5.91 Å². The van der Waals surface area contributed by atoms with E-state index < -0.39 is 0 Å². The molecule has 3 N–H and O–H groups in total. The summed E-state index contributed by atoms with van der Waals surface area (Å²) in [5.41, 5.74) is 5.41. The predicted octanol–water partition coefficient (Wildman–Crippen LogP) is -0.920. The summed E-state index contributed by atoms with van der Waals surface area (Å²) >= 11 is 0. The van der Waals surface area contributed by atoms with E-state index in [0.717, 1.165) is 6.54 Å². The third-order valence-corrected chi connectivity index (χ3v) is 1.51. The molecule has 3 nitrogen and oxygen atoms in total. The van der Waals surface area contributed by atoms with E-state index in [2.05, 4.69) is 5.32 Å². The van der Waals surface area contributed by atoms with Gasteiger partial charge in [-0.15, -0.1) is 0 Å². The van der Waals surface area contributed by atoms with Crippen molar-refractivity contribution in [2.45, 2.75) is 13.0 Å². The van der Waals surface area contributed by atoms with Crippen molar-refractivity contribution in [1.29, 1.82) is 0 Å². The van der Waals surface area contributed by atoms with Gasteiger partial charge < -0.3 is 11.1 Å². The molecular weight excluding hydrogens is 104 g/mol. The first-order chi connectivity index (χ1) is 3.72. The lowest BCUT2D eigenvalue weighted by molar-refractivity contribution is -0.120. The molecule has 3 heteroatoms. The molecule has 0 aromatic heterocycles. The van der Waals surface area contributed by atoms with Gasteiger partial charge >= 0.3 is 0 Å². The molecule has 0 bridgehead atoms. The highest BCUT2D eigenvalue weighted by Crippen LogP contribution is 2.04. The number of hydrogen-bond donors (Lipinski definition) is 2. The first-order valence-electron chi connectivity index (χ1n) is 2.75. The summed E-state index contributed by atoms with van der Waals surface area (Å²) in [6.07, 6.45) is 0. The van der Waals surface area contributed by atoms with Gasteiger partial charge in [0.25, 0.3) is 0 Å². The van der Waals surface area contributed by atoms with Crippen molar-refractivity contribution in [3.8, 4) is 0 Å². The Bertz CT molecular complexity index is 113. The quantitative estimate of drug-likeness (QED) is 0.428. The Balaban J connectivity index is 2.56. The minimum Gasteiger partial charge on any atom is -0.354 e. The van der Waals surface area contributed by atoms with Crippen molar-refractivity contribution >= 4 is 5.91 Å². The smallest absolute Gasteiger partial charge is 0.237 e. The third kappa shape index (κ3) is 0.690. The van der Waals surface area contributed by atoms with E-state index >= 15 is 0 Å². The molecule has 0 aromatic carbocycles. The minimum absolute atomic E-state index is 0.0162. The maximum atomic E-state index is 10.5. The predicted molar refractivity (Wildman–Crippen MR) is 30.1 cm³/mol. The first-order valence-corrected chi connectivity index (χ1v) is 2.75. The molecule has 1 aliphatic rings. The van der Waals surface area contributed by atoms with E-state index in [1.165, 1.54) is 0 Å². The van der Waals surface area contributed by atoms with Crippen molar-refractivity contribution in [2.24, 2.45) is 11.7 Å². The number of carbonyl (C=O) groups excluding carboxylic acids is 1. The summed E-state index contributed by atoms with van der Waals surface area (Å²) in [4.78, 5) is 10.5. The van der Waals surface area contributed by atoms with Crippen LogP contribution in [0.1, 0.15) is 6.92 Å². The maximum Gasteiger partial charge on any atom is 0.237 e. The molecule has 1 amide bonds. The molecule has 1 rings (SSSR count). The van der Waals surface area contributed by atoms with Crippen molar-refractivity contribution in [1.82, 2.24) is 5.32 Å². The second-order valence-corrected chi connectivity index (χ2v) is 2.25. The molecule has 1 aliphatic heterocycles. The lowest BCUT2D eigenvalue weighted by atomic mass is 10.1. The monoisotopic (exact) mass is 114 g/mol. The first kappa shape index (κ1) is 5.56. The lowest BCUT2D eigenvalue weighted by Crippen LogP contribution is -2.32. The molecule has 2 unspecified atom stereocenters. The topological polar surface area (TPSA) is 55.1 Å². The van der Waals surface area contributed by atoms with E-state index in [1.54, 1.807) is 0 Å². The zero-order valence-electron chi connectivity index (χ0n) is 4.85. The average Bonchev–Trinajstić information content (AvgIpc) is 1.98. The Morgan fingerprint density at radius 1 is 1.88 bits per heavy atom. The van der Waals surface area contributed by atoms with Gasteiger partial charge in [0, 0.05) is 6.54 Å². The summed E-state index contributed by atoms with van der Waals surface area (Å²) in [7, 11) is 0. The van der Waals surface area contributed by atoms with Crippen LogP contribution < -0.4 is 11.1 Å². The number of hydrogen-bond acceptors (Lipinski definition) is 2. The second-order valence-electron chi connectivity index (χ2n) is 2.25. The van der Waals surface area contributed by atoms with Gasteiger partial charge in [-0.1, -0.05) is 6.92 Å². The fourth-order valence-corrected chi connectivity index (χ4v) is 0.765. The van der Waals surface area contributed by atoms with Gasteiger partial charge in [0.05, 0.1) is 6.04 Å². The number of amides is 1. The van der Waals surface area contributed by atoms with Crippen LogP contribution in [0.3, 0.4) is 0 Å². The maximum absolute atomic E-state index is 10.5. The number of nitrogens with two attached hydrogens (primary N) is 1. The largest absolute Gasteiger partial charge is 0.354 e. The van der Waals surface area contributed by atoms with Crippen LogP contribution in [-0.4, -0.2) is 18.5 Å². The fraction of sp³-hybridized carbons (Fsp3) is 0.800. The van der Waals surface area contributed by atoms with Crippen molar-refractivity contribution in [3.05, 3.63) is 0 Å². The normalized spacial score (nSPS) is 37.5. The molecule has 2 atom stereocenters. The standard InChI is InChI=1S/C5H10N2O/c1-3-2-7-5(8)4(3)6/h3-4H,2,6H2,1H3,(H,7,8). The van der Waals surface area contributed by atoms with Gasteiger partial charge in [0.15, 0.2) is 0 Å². The van der Waals surface area contributed by atoms with Crippen LogP contribution in [0.25, 0.3) is 0 Å². The highest BCUT2D eigenvalue weighted by molar-refractivity contribution is 5.83. The Kier molecular flexibility index (Phi) is 1.21. The molecular formula is C5H10N2O. The van der Waals surface area contributed by atoms with Gasteiger partial charge in [-0.2, -0.15) is 0 Å². The van der Waals surface area contributed by atoms with Crippen LogP contribution in [0.15, 0.2) is 0 Å². The van der Waals surface area contributed by atoms with E-state index in [4.69, 9.17) is 5.73 Å². The summed E-state index contributed by atoms with van der Waals surface area (Å²) < 4.78 is 0. The van der Waals surface area contributed by atoms with E-state index in [0.29, 0.717) is 5.92 Å². The Morgan fingerprint density at radius 2 is 2.50 bits per heavy atom. The Morgan fingerprint density at radius 3 is 2.62 bits per heavy atom. The molecule has 8 heavy (non-hydrogen) atoms.